The van der Waals surface area contributed by atoms with E-state index >= 15 is 0 Å². The van der Waals surface area contributed by atoms with Gasteiger partial charge in [0, 0.05) is 12.6 Å². The zero-order valence-corrected chi connectivity index (χ0v) is 10.9. The van der Waals surface area contributed by atoms with E-state index in [2.05, 4.69) is 15.9 Å². The molecule has 0 bridgehead atoms. The molecule has 0 amide bonds. The second-order valence-corrected chi connectivity index (χ2v) is 4.86. The quantitative estimate of drug-likeness (QED) is 0.662. The van der Waals surface area contributed by atoms with Gasteiger partial charge in [-0.3, -0.25) is 0 Å². The third kappa shape index (κ3) is 1.86. The van der Waals surface area contributed by atoms with Crippen LogP contribution in [0.2, 0.25) is 0 Å². The van der Waals surface area contributed by atoms with Crippen molar-refractivity contribution in [3.63, 3.8) is 0 Å². The molecule has 2 aromatic heterocycles. The number of aliphatic hydroxyl groups excluding tert-OH is 2. The molecule has 4 N–H and O–H groups in total. The highest BCUT2D eigenvalue weighted by Crippen LogP contribution is 2.38. The third-order valence-corrected chi connectivity index (χ3v) is 3.69. The van der Waals surface area contributed by atoms with Gasteiger partial charge in [0.1, 0.15) is 24.5 Å². The molecule has 1 saturated heterocycles. The van der Waals surface area contributed by atoms with Crippen molar-refractivity contribution < 1.29 is 19.3 Å². The van der Waals surface area contributed by atoms with Crippen LogP contribution in [0.3, 0.4) is 0 Å². The molecule has 110 valence electrons. The third-order valence-electron chi connectivity index (χ3n) is 3.69. The Bertz CT molecular complexity index is 741. The van der Waals surface area contributed by atoms with Crippen LogP contribution in [0.15, 0.2) is 12.5 Å². The van der Waals surface area contributed by atoms with Crippen LogP contribution in [0.25, 0.3) is 11.0 Å². The molecular formula is C13H13FN4O3. The van der Waals surface area contributed by atoms with Gasteiger partial charge in [-0.05, 0) is 0 Å². The zero-order chi connectivity index (χ0) is 15.2. The van der Waals surface area contributed by atoms with Crippen molar-refractivity contribution >= 4 is 16.9 Å². The summed E-state index contributed by atoms with van der Waals surface area (Å²) in [6.45, 7) is -0.542. The number of nitrogens with two attached hydrogens (primary N) is 1. The molecule has 0 aliphatic carbocycles. The first-order chi connectivity index (χ1) is 10.0. The summed E-state index contributed by atoms with van der Waals surface area (Å²) >= 11 is 0. The van der Waals surface area contributed by atoms with Gasteiger partial charge < -0.3 is 25.3 Å². The molecule has 3 rings (SSSR count). The van der Waals surface area contributed by atoms with Gasteiger partial charge in [0.25, 0.3) is 0 Å². The van der Waals surface area contributed by atoms with Crippen molar-refractivity contribution in [1.29, 1.82) is 0 Å². The Labute approximate surface area is 119 Å². The number of ether oxygens (including phenoxy) is 1. The zero-order valence-electron chi connectivity index (χ0n) is 10.9. The fourth-order valence-corrected chi connectivity index (χ4v) is 2.52. The average molecular weight is 292 g/mol. The molecule has 3 atom stereocenters. The number of nitrogens with zero attached hydrogens (tertiary/aromatic N) is 3. The van der Waals surface area contributed by atoms with Crippen molar-refractivity contribution in [2.45, 2.75) is 24.4 Å². The fraction of sp³-hybridized carbons (Fsp3) is 0.385. The van der Waals surface area contributed by atoms with Crippen molar-refractivity contribution in [3.8, 4) is 12.3 Å². The maximum Gasteiger partial charge on any atom is 0.179 e. The predicted octanol–water partition coefficient (Wildman–Crippen LogP) is -0.203. The minimum absolute atomic E-state index is 0.0140. The Morgan fingerprint density at radius 3 is 3.00 bits per heavy atom. The summed E-state index contributed by atoms with van der Waals surface area (Å²) in [5.74, 6) is 1.68. The van der Waals surface area contributed by atoms with Gasteiger partial charge in [0.05, 0.1) is 12.0 Å². The molecule has 3 heterocycles. The summed E-state index contributed by atoms with van der Waals surface area (Å²) < 4.78 is 20.9. The van der Waals surface area contributed by atoms with E-state index in [0.717, 1.165) is 6.20 Å². The van der Waals surface area contributed by atoms with Crippen LogP contribution in [0, 0.1) is 18.2 Å². The van der Waals surface area contributed by atoms with E-state index in [1.807, 2.05) is 0 Å². The summed E-state index contributed by atoms with van der Waals surface area (Å²) in [6, 6.07) is 0. The minimum Gasteiger partial charge on any atom is -0.392 e. The molecule has 0 radical (unpaired) electrons. The first-order valence-corrected chi connectivity index (χ1v) is 6.23. The lowest BCUT2D eigenvalue weighted by atomic mass is 9.99. The van der Waals surface area contributed by atoms with E-state index in [9.17, 15) is 14.6 Å². The van der Waals surface area contributed by atoms with Gasteiger partial charge in [-0.1, -0.05) is 5.92 Å². The Kier molecular flexibility index (Phi) is 3.06. The van der Waals surface area contributed by atoms with Crippen LogP contribution in [-0.2, 0) is 4.74 Å². The van der Waals surface area contributed by atoms with Crippen LogP contribution >= 0.6 is 0 Å². The molecule has 7 nitrogen and oxygen atoms in total. The summed E-state index contributed by atoms with van der Waals surface area (Å²) in [4.78, 5) is 7.72. The maximum absolute atomic E-state index is 14.0. The van der Waals surface area contributed by atoms with Gasteiger partial charge in [-0.2, -0.15) is 0 Å². The van der Waals surface area contributed by atoms with E-state index in [0.29, 0.717) is 0 Å². The van der Waals surface area contributed by atoms with Gasteiger partial charge in [0.2, 0.25) is 0 Å². The second-order valence-electron chi connectivity index (χ2n) is 4.86. The van der Waals surface area contributed by atoms with E-state index in [4.69, 9.17) is 16.9 Å². The summed E-state index contributed by atoms with van der Waals surface area (Å²) in [6.07, 6.45) is 5.96. The fourth-order valence-electron chi connectivity index (χ4n) is 2.52. The number of halogens is 1. The van der Waals surface area contributed by atoms with Gasteiger partial charge in [-0.25, -0.2) is 14.4 Å². The van der Waals surface area contributed by atoms with Gasteiger partial charge in [-0.15, -0.1) is 6.42 Å². The highest BCUT2D eigenvalue weighted by Gasteiger charge is 2.47. The van der Waals surface area contributed by atoms with Crippen LogP contribution in [-0.4, -0.2) is 43.1 Å². The molecule has 2 aromatic rings. The molecule has 0 aromatic carbocycles. The van der Waals surface area contributed by atoms with Crippen LogP contribution < -0.4 is 5.73 Å². The number of aromatic nitrogens is 3. The number of hydrogen-bond acceptors (Lipinski definition) is 6. The molecule has 1 aliphatic rings. The van der Waals surface area contributed by atoms with Gasteiger partial charge >= 0.3 is 0 Å². The minimum atomic E-state index is -1.50. The van der Waals surface area contributed by atoms with Crippen LogP contribution in [0.4, 0.5) is 10.2 Å². The number of aliphatic hydroxyl groups is 2. The second kappa shape index (κ2) is 4.66. The van der Waals surface area contributed by atoms with Crippen LogP contribution in [0.5, 0.6) is 0 Å². The maximum atomic E-state index is 14.0. The molecule has 1 aliphatic heterocycles. The smallest absolute Gasteiger partial charge is 0.179 e. The summed E-state index contributed by atoms with van der Waals surface area (Å²) in [5, 5.41) is 19.5. The van der Waals surface area contributed by atoms with Crippen molar-refractivity contribution in [2.24, 2.45) is 0 Å². The molecule has 0 spiro atoms. The Hall–Kier alpha value is -2.21. The standard InChI is InChI=1S/C13H13FN4O3/c1-2-13(5-19)8(20)3-9(21-13)18-4-7(14)10-11(15)16-6-17-12(10)18/h1,4,6,8-9,19-20H,3,5H2,(H2,15,16,17). The van der Waals surface area contributed by atoms with E-state index in [-0.39, 0.29) is 23.3 Å². The normalized spacial score (nSPS) is 28.9. The molecule has 1 fully saturated rings. The van der Waals surface area contributed by atoms with E-state index in [1.54, 1.807) is 0 Å². The predicted molar refractivity (Wildman–Crippen MR) is 71.3 cm³/mol. The topological polar surface area (TPSA) is 106 Å². The number of hydrogen-bond donors (Lipinski definition) is 3. The summed E-state index contributed by atoms with van der Waals surface area (Å²) in [5.41, 5.74) is 4.37. The first kappa shape index (κ1) is 13.8. The number of fused-ring (bicyclic) bond motifs is 1. The average Bonchev–Trinajstić information content (AvgIpc) is 2.98. The monoisotopic (exact) mass is 292 g/mol. The number of rotatable bonds is 2. The lowest BCUT2D eigenvalue weighted by Crippen LogP contribution is -2.41. The lowest BCUT2D eigenvalue weighted by molar-refractivity contribution is -0.0891. The first-order valence-electron chi connectivity index (χ1n) is 6.23. The largest absolute Gasteiger partial charge is 0.392 e. The van der Waals surface area contributed by atoms with E-state index < -0.39 is 30.4 Å². The number of anilines is 1. The Morgan fingerprint density at radius 1 is 1.62 bits per heavy atom. The SMILES string of the molecule is C#CC1(CO)OC(n2cc(F)c3c(N)ncnc32)CC1O. The molecular weight excluding hydrogens is 279 g/mol. The molecule has 0 saturated carbocycles. The molecule has 8 heteroatoms. The Balaban J connectivity index is 2.08. The van der Waals surface area contributed by atoms with Crippen LogP contribution in [0.1, 0.15) is 12.6 Å². The highest BCUT2D eigenvalue weighted by atomic mass is 19.1. The van der Waals surface area contributed by atoms with Crippen molar-refractivity contribution in [1.82, 2.24) is 14.5 Å². The van der Waals surface area contributed by atoms with Crippen molar-refractivity contribution in [2.75, 3.05) is 12.3 Å². The van der Waals surface area contributed by atoms with Crippen molar-refractivity contribution in [3.05, 3.63) is 18.3 Å². The van der Waals surface area contributed by atoms with Gasteiger partial charge in [0.15, 0.2) is 17.1 Å². The number of nitrogen functional groups attached to an aromatic ring is 1. The van der Waals surface area contributed by atoms with E-state index in [1.165, 1.54) is 10.9 Å². The number of terminal acetylenes is 1. The lowest BCUT2D eigenvalue weighted by Gasteiger charge is -2.23. The molecule has 21 heavy (non-hydrogen) atoms. The molecule has 3 unspecified atom stereocenters. The highest BCUT2D eigenvalue weighted by molar-refractivity contribution is 5.86. The Morgan fingerprint density at radius 2 is 2.38 bits per heavy atom. The summed E-state index contributed by atoms with van der Waals surface area (Å²) in [7, 11) is 0.